The molecule has 0 radical (unpaired) electrons. The van der Waals surface area contributed by atoms with Crippen LogP contribution in [0.5, 0.6) is 0 Å². The molecule has 4 heterocycles. The number of H-pyrrole nitrogens is 1. The van der Waals surface area contributed by atoms with Crippen LogP contribution in [0.25, 0.3) is 0 Å². The Labute approximate surface area is 176 Å². The second-order valence-electron chi connectivity index (χ2n) is 8.69. The molecule has 1 saturated heterocycles. The van der Waals surface area contributed by atoms with Gasteiger partial charge in [-0.3, -0.25) is 9.59 Å². The van der Waals surface area contributed by atoms with Gasteiger partial charge in [0.05, 0.1) is 12.1 Å². The van der Waals surface area contributed by atoms with Gasteiger partial charge < -0.3 is 15.2 Å². The largest absolute Gasteiger partial charge is 0.334 e. The number of rotatable bonds is 4. The summed E-state index contributed by atoms with van der Waals surface area (Å²) in [4.78, 5) is 33.1. The van der Waals surface area contributed by atoms with Crippen molar-refractivity contribution >= 4 is 17.2 Å². The van der Waals surface area contributed by atoms with Gasteiger partial charge in [-0.2, -0.15) is 0 Å². The number of piperidine rings is 1. The molecule has 2 N–H and O–H groups in total. The maximum Gasteiger partial charge on any atom is 0.255 e. The highest BCUT2D eigenvalue weighted by Gasteiger charge is 2.33. The Hall–Kier alpha value is -1.92. The molecular formula is C23H31N3O2S. The number of carbonyl (C=O) groups is 1. The molecule has 0 aromatic carbocycles. The normalized spacial score (nSPS) is 18.8. The fraction of sp³-hybridized carbons (Fsp3) is 0.565. The number of nitrogens with one attached hydrogen (secondary N) is 2. The molecule has 4 rings (SSSR count). The molecule has 0 unspecified atom stereocenters. The predicted molar refractivity (Wildman–Crippen MR) is 118 cm³/mol. The predicted octanol–water partition coefficient (Wildman–Crippen LogP) is 3.66. The van der Waals surface area contributed by atoms with E-state index < -0.39 is 0 Å². The van der Waals surface area contributed by atoms with E-state index in [1.807, 2.05) is 36.2 Å². The minimum absolute atomic E-state index is 0.0802. The summed E-state index contributed by atoms with van der Waals surface area (Å²) in [6.45, 7) is 11.5. The van der Waals surface area contributed by atoms with Gasteiger partial charge in [0.15, 0.2) is 0 Å². The first-order valence-electron chi connectivity index (χ1n) is 10.7. The van der Waals surface area contributed by atoms with Gasteiger partial charge >= 0.3 is 0 Å². The Morgan fingerprint density at radius 3 is 2.62 bits per heavy atom. The van der Waals surface area contributed by atoms with E-state index in [1.165, 1.54) is 28.2 Å². The summed E-state index contributed by atoms with van der Waals surface area (Å²) in [5.74, 6) is 1.27. The van der Waals surface area contributed by atoms with Crippen LogP contribution in [0.1, 0.15) is 68.2 Å². The minimum Gasteiger partial charge on any atom is -0.334 e. The van der Waals surface area contributed by atoms with Gasteiger partial charge in [-0.05, 0) is 75.7 Å². The zero-order valence-electron chi connectivity index (χ0n) is 17.9. The van der Waals surface area contributed by atoms with Crippen LogP contribution in [0.3, 0.4) is 0 Å². The minimum atomic E-state index is -0.0802. The number of thiophene rings is 1. The van der Waals surface area contributed by atoms with Crippen LogP contribution in [0, 0.1) is 26.7 Å². The first-order chi connectivity index (χ1) is 13.9. The zero-order chi connectivity index (χ0) is 20.7. The SMILES string of the molecule is Cc1cc(C)c(CN2CCc3sc([C@H](C)C4CCNCC4)c(C)c3C2=O)c(=O)[nH]1. The van der Waals surface area contributed by atoms with E-state index in [9.17, 15) is 9.59 Å². The molecule has 0 aliphatic carbocycles. The van der Waals surface area contributed by atoms with Crippen molar-refractivity contribution in [3.8, 4) is 0 Å². The summed E-state index contributed by atoms with van der Waals surface area (Å²) in [6.07, 6.45) is 3.30. The van der Waals surface area contributed by atoms with Gasteiger partial charge in [0.25, 0.3) is 11.5 Å². The highest BCUT2D eigenvalue weighted by Crippen LogP contribution is 2.41. The summed E-state index contributed by atoms with van der Waals surface area (Å²) in [5, 5.41) is 3.45. The molecule has 6 heteroatoms. The van der Waals surface area contributed by atoms with E-state index in [1.54, 1.807) is 0 Å². The summed E-state index contributed by atoms with van der Waals surface area (Å²) in [7, 11) is 0. The zero-order valence-corrected chi connectivity index (χ0v) is 18.7. The fourth-order valence-corrected chi connectivity index (χ4v) is 6.39. The standard InChI is InChI=1S/C23H31N3O2S/c1-13-11-14(2)25-22(27)18(13)12-26-10-7-19-20(23(26)28)16(4)21(29-19)15(3)17-5-8-24-9-6-17/h11,15,17,24H,5-10,12H2,1-4H3,(H,25,27)/t15-/m1/s1. The lowest BCUT2D eigenvalue weighted by atomic mass is 9.83. The number of aromatic nitrogens is 1. The van der Waals surface area contributed by atoms with Crippen LogP contribution in [0.4, 0.5) is 0 Å². The van der Waals surface area contributed by atoms with Gasteiger partial charge in [0.2, 0.25) is 0 Å². The maximum absolute atomic E-state index is 13.4. The quantitative estimate of drug-likeness (QED) is 0.804. The molecule has 0 bridgehead atoms. The topological polar surface area (TPSA) is 65.2 Å². The van der Waals surface area contributed by atoms with Gasteiger partial charge in [-0.1, -0.05) is 6.92 Å². The molecule has 29 heavy (non-hydrogen) atoms. The second kappa shape index (κ2) is 8.07. The average molecular weight is 414 g/mol. The van der Waals surface area contributed by atoms with E-state index in [2.05, 4.69) is 24.1 Å². The first kappa shape index (κ1) is 20.4. The van der Waals surface area contributed by atoms with Crippen molar-refractivity contribution in [1.82, 2.24) is 15.2 Å². The number of fused-ring (bicyclic) bond motifs is 1. The number of aromatic amines is 1. The molecular weight excluding hydrogens is 382 g/mol. The smallest absolute Gasteiger partial charge is 0.255 e. The Kier molecular flexibility index (Phi) is 5.67. The molecule has 0 spiro atoms. The highest BCUT2D eigenvalue weighted by molar-refractivity contribution is 7.12. The van der Waals surface area contributed by atoms with E-state index in [4.69, 9.17) is 0 Å². The number of aryl methyl sites for hydroxylation is 2. The average Bonchev–Trinajstić information content (AvgIpc) is 3.03. The molecule has 2 aromatic heterocycles. The third-order valence-electron chi connectivity index (χ3n) is 6.71. The molecule has 1 atom stereocenters. The summed E-state index contributed by atoms with van der Waals surface area (Å²) in [6, 6.07) is 1.98. The number of hydrogen-bond acceptors (Lipinski definition) is 4. The Morgan fingerprint density at radius 2 is 1.93 bits per heavy atom. The van der Waals surface area contributed by atoms with Crippen molar-refractivity contribution in [3.63, 3.8) is 0 Å². The number of nitrogens with zero attached hydrogens (tertiary/aromatic N) is 1. The van der Waals surface area contributed by atoms with Crippen LogP contribution in [0.15, 0.2) is 10.9 Å². The molecule has 2 aliphatic heterocycles. The van der Waals surface area contributed by atoms with Crippen molar-refractivity contribution in [1.29, 1.82) is 0 Å². The van der Waals surface area contributed by atoms with Crippen molar-refractivity contribution in [2.45, 2.75) is 59.4 Å². The highest BCUT2D eigenvalue weighted by atomic mass is 32.1. The summed E-state index contributed by atoms with van der Waals surface area (Å²) in [5.41, 5.74) is 4.49. The first-order valence-corrected chi connectivity index (χ1v) is 11.5. The molecule has 5 nitrogen and oxygen atoms in total. The van der Waals surface area contributed by atoms with Crippen LogP contribution in [-0.2, 0) is 13.0 Å². The lowest BCUT2D eigenvalue weighted by Gasteiger charge is -2.28. The van der Waals surface area contributed by atoms with Crippen molar-refractivity contribution in [2.75, 3.05) is 19.6 Å². The van der Waals surface area contributed by atoms with E-state index in [0.717, 1.165) is 36.3 Å². The lowest BCUT2D eigenvalue weighted by molar-refractivity contribution is 0.0727. The molecule has 1 amide bonds. The molecule has 2 aliphatic rings. The van der Waals surface area contributed by atoms with Crippen molar-refractivity contribution in [3.05, 3.63) is 54.1 Å². The van der Waals surface area contributed by atoms with Crippen LogP contribution < -0.4 is 10.9 Å². The van der Waals surface area contributed by atoms with Crippen molar-refractivity contribution < 1.29 is 4.79 Å². The van der Waals surface area contributed by atoms with Gasteiger partial charge in [-0.25, -0.2) is 0 Å². The van der Waals surface area contributed by atoms with Gasteiger partial charge in [0.1, 0.15) is 0 Å². The molecule has 2 aromatic rings. The number of hydrogen-bond donors (Lipinski definition) is 2. The third-order valence-corrected chi connectivity index (χ3v) is 8.27. The van der Waals surface area contributed by atoms with E-state index >= 15 is 0 Å². The molecule has 1 fully saturated rings. The van der Waals surface area contributed by atoms with Gasteiger partial charge in [-0.15, -0.1) is 11.3 Å². The molecule has 0 saturated carbocycles. The fourth-order valence-electron chi connectivity index (χ4n) is 4.96. The van der Waals surface area contributed by atoms with E-state index in [-0.39, 0.29) is 11.5 Å². The Bertz CT molecular complexity index is 985. The number of amides is 1. The Balaban J connectivity index is 1.59. The lowest BCUT2D eigenvalue weighted by Crippen LogP contribution is -2.38. The summed E-state index contributed by atoms with van der Waals surface area (Å²) >= 11 is 1.85. The van der Waals surface area contributed by atoms with Gasteiger partial charge in [0, 0.05) is 34.0 Å². The third kappa shape index (κ3) is 3.80. The van der Waals surface area contributed by atoms with E-state index in [0.29, 0.717) is 30.5 Å². The van der Waals surface area contributed by atoms with Crippen molar-refractivity contribution in [2.24, 2.45) is 5.92 Å². The monoisotopic (exact) mass is 413 g/mol. The number of pyridine rings is 1. The second-order valence-corrected chi connectivity index (χ2v) is 9.82. The molecule has 156 valence electrons. The maximum atomic E-state index is 13.4. The summed E-state index contributed by atoms with van der Waals surface area (Å²) < 4.78 is 0. The van der Waals surface area contributed by atoms with Crippen LogP contribution in [-0.4, -0.2) is 35.4 Å². The van der Waals surface area contributed by atoms with Crippen LogP contribution >= 0.6 is 11.3 Å². The Morgan fingerprint density at radius 1 is 1.21 bits per heavy atom. The van der Waals surface area contributed by atoms with Crippen LogP contribution in [0.2, 0.25) is 0 Å². The number of carbonyl (C=O) groups excluding carboxylic acids is 1.